The number of nitrogens with zero attached hydrogens (tertiary/aromatic N) is 1. The highest BCUT2D eigenvalue weighted by Crippen LogP contribution is 2.51. The Morgan fingerprint density at radius 1 is 0.846 bits per heavy atom. The van der Waals surface area contributed by atoms with Crippen molar-refractivity contribution in [2.75, 3.05) is 19.4 Å². The molecule has 216 valence electrons. The molecule has 0 aliphatic carbocycles. The fourth-order valence-electron chi connectivity index (χ4n) is 3.08. The predicted molar refractivity (Wildman–Crippen MR) is 148 cm³/mol. The first-order valence-corrected chi connectivity index (χ1v) is 14.4. The average molecular weight is 567 g/mol. The molecule has 0 fully saturated rings. The second-order valence-corrected chi connectivity index (χ2v) is 11.1. The van der Waals surface area contributed by atoms with Crippen molar-refractivity contribution >= 4 is 25.2 Å². The van der Waals surface area contributed by atoms with E-state index in [-0.39, 0.29) is 42.0 Å². The minimum absolute atomic E-state index is 0.122. The highest BCUT2D eigenvalue weighted by molar-refractivity contribution is 7.54. The standard InChI is InChI=1S/C20H24NO7P.C7H15NO2/c1-4-26-20(22)19(15(2)3)14-29(25,27-17-8-6-5-7-9-17)28-18-12-10-16(11-13-18)21(23)24;1-4-10-7(9)6(8)5(2)3/h5-13,15,19H,4,14H2,1-3H3;5-6H,4,8H2,1-3H3/t19-,29?;6-/m00/s1. The fraction of sp³-hybridized carbons (Fsp3) is 0.481. The van der Waals surface area contributed by atoms with Crippen molar-refractivity contribution in [3.63, 3.8) is 0 Å². The van der Waals surface area contributed by atoms with E-state index in [9.17, 15) is 24.3 Å². The summed E-state index contributed by atoms with van der Waals surface area (Å²) in [6, 6.07) is 13.2. The SMILES string of the molecule is CCOC(=O)[C@@H](CP(=O)(Oc1ccccc1)Oc1ccc([N+](=O)[O-])cc1)C(C)C.CCOC(=O)[C@@H](N)C(C)C. The Hall–Kier alpha value is -3.43. The van der Waals surface area contributed by atoms with E-state index in [0.717, 1.165) is 0 Å². The number of carbonyl (C=O) groups is 2. The zero-order valence-corrected chi connectivity index (χ0v) is 24.2. The van der Waals surface area contributed by atoms with E-state index in [1.807, 2.05) is 27.7 Å². The number of benzene rings is 2. The smallest absolute Gasteiger partial charge is 0.431 e. The van der Waals surface area contributed by atoms with E-state index in [0.29, 0.717) is 12.4 Å². The van der Waals surface area contributed by atoms with Gasteiger partial charge in [-0.25, -0.2) is 4.57 Å². The van der Waals surface area contributed by atoms with Gasteiger partial charge >= 0.3 is 19.5 Å². The van der Waals surface area contributed by atoms with Crippen LogP contribution in [0.4, 0.5) is 5.69 Å². The first-order chi connectivity index (χ1) is 18.3. The molecule has 1 unspecified atom stereocenters. The van der Waals surface area contributed by atoms with Gasteiger partial charge in [-0.05, 0) is 49.9 Å². The van der Waals surface area contributed by atoms with Crippen LogP contribution in [0.5, 0.6) is 11.5 Å². The van der Waals surface area contributed by atoms with Crippen LogP contribution in [0, 0.1) is 27.9 Å². The lowest BCUT2D eigenvalue weighted by molar-refractivity contribution is -0.384. The number of carbonyl (C=O) groups excluding carboxylic acids is 2. The quantitative estimate of drug-likeness (QED) is 0.140. The Kier molecular flexibility index (Phi) is 14.2. The topological polar surface area (TPSA) is 157 Å². The Balaban J connectivity index is 0.000000646. The van der Waals surface area contributed by atoms with Gasteiger partial charge in [0, 0.05) is 12.1 Å². The third-order valence-electron chi connectivity index (χ3n) is 5.37. The van der Waals surface area contributed by atoms with Gasteiger partial charge in [-0.2, -0.15) is 0 Å². The van der Waals surface area contributed by atoms with Crippen molar-refractivity contribution < 1.29 is 37.6 Å². The van der Waals surface area contributed by atoms with E-state index in [1.54, 1.807) is 44.2 Å². The molecule has 0 aliphatic rings. The molecule has 2 N–H and O–H groups in total. The lowest BCUT2D eigenvalue weighted by atomic mass is 9.98. The average Bonchev–Trinajstić information content (AvgIpc) is 2.88. The number of ether oxygens (including phenoxy) is 2. The van der Waals surface area contributed by atoms with E-state index in [4.69, 9.17) is 24.3 Å². The predicted octanol–water partition coefficient (Wildman–Crippen LogP) is 5.61. The van der Waals surface area contributed by atoms with Crippen molar-refractivity contribution in [1.29, 1.82) is 0 Å². The highest BCUT2D eigenvalue weighted by Gasteiger charge is 2.38. The molecule has 0 radical (unpaired) electrons. The third kappa shape index (κ3) is 11.9. The molecule has 0 heterocycles. The maximum Gasteiger partial charge on any atom is 0.431 e. The Morgan fingerprint density at radius 2 is 1.33 bits per heavy atom. The molecular weight excluding hydrogens is 527 g/mol. The lowest BCUT2D eigenvalue weighted by Crippen LogP contribution is -2.36. The van der Waals surface area contributed by atoms with Gasteiger partial charge in [-0.1, -0.05) is 45.9 Å². The van der Waals surface area contributed by atoms with E-state index in [2.05, 4.69) is 0 Å². The first kappa shape index (κ1) is 33.6. The minimum Gasteiger partial charge on any atom is -0.466 e. The molecular formula is C27H39N2O9P. The van der Waals surface area contributed by atoms with Gasteiger partial charge in [-0.3, -0.25) is 19.7 Å². The number of hydrogen-bond donors (Lipinski definition) is 1. The molecule has 12 heteroatoms. The molecule has 0 aliphatic heterocycles. The van der Waals surface area contributed by atoms with Crippen LogP contribution in [-0.2, 0) is 23.6 Å². The van der Waals surface area contributed by atoms with Gasteiger partial charge in [0.25, 0.3) is 5.69 Å². The minimum atomic E-state index is -3.86. The number of nitro benzene ring substituents is 1. The number of esters is 2. The molecule has 0 aromatic heterocycles. The van der Waals surface area contributed by atoms with Crippen LogP contribution in [-0.4, -0.2) is 42.3 Å². The number of nitro groups is 1. The normalized spacial score (nSPS) is 13.8. The molecule has 11 nitrogen and oxygen atoms in total. The summed E-state index contributed by atoms with van der Waals surface area (Å²) in [5.74, 6) is -1.04. The van der Waals surface area contributed by atoms with E-state index < -0.39 is 30.4 Å². The largest absolute Gasteiger partial charge is 0.466 e. The number of para-hydroxylation sites is 1. The Labute approximate surface area is 229 Å². The molecule has 39 heavy (non-hydrogen) atoms. The van der Waals surface area contributed by atoms with Crippen molar-refractivity contribution in [2.24, 2.45) is 23.5 Å². The third-order valence-corrected chi connectivity index (χ3v) is 7.19. The van der Waals surface area contributed by atoms with Crippen LogP contribution >= 0.6 is 7.60 Å². The van der Waals surface area contributed by atoms with Gasteiger partial charge < -0.3 is 24.3 Å². The van der Waals surface area contributed by atoms with Crippen LogP contribution in [0.3, 0.4) is 0 Å². The second-order valence-electron chi connectivity index (χ2n) is 9.16. The van der Waals surface area contributed by atoms with Crippen molar-refractivity contribution in [1.82, 2.24) is 0 Å². The zero-order chi connectivity index (χ0) is 29.6. The summed E-state index contributed by atoms with van der Waals surface area (Å²) in [5, 5.41) is 10.8. The highest BCUT2D eigenvalue weighted by atomic mass is 31.2. The number of non-ortho nitro benzene ring substituents is 1. The van der Waals surface area contributed by atoms with Gasteiger partial charge in [0.05, 0.1) is 30.2 Å². The number of rotatable bonds is 13. The molecule has 0 bridgehead atoms. The van der Waals surface area contributed by atoms with Crippen molar-refractivity contribution in [2.45, 2.75) is 47.6 Å². The van der Waals surface area contributed by atoms with E-state index >= 15 is 0 Å². The maximum atomic E-state index is 13.6. The molecule has 2 aromatic carbocycles. The molecule has 0 amide bonds. The fourth-order valence-corrected chi connectivity index (χ4v) is 5.21. The Morgan fingerprint density at radius 3 is 1.77 bits per heavy atom. The number of nitrogens with two attached hydrogens (primary N) is 1. The molecule has 0 spiro atoms. The summed E-state index contributed by atoms with van der Waals surface area (Å²) < 4.78 is 34.8. The van der Waals surface area contributed by atoms with Gasteiger partial charge in [-0.15, -0.1) is 0 Å². The first-order valence-electron chi connectivity index (χ1n) is 12.7. The molecule has 2 rings (SSSR count). The van der Waals surface area contributed by atoms with Crippen molar-refractivity contribution in [3.05, 3.63) is 64.7 Å². The van der Waals surface area contributed by atoms with Crippen LogP contribution in [0.1, 0.15) is 41.5 Å². The van der Waals surface area contributed by atoms with Gasteiger partial charge in [0.2, 0.25) is 0 Å². The number of hydrogen-bond acceptors (Lipinski definition) is 10. The lowest BCUT2D eigenvalue weighted by Gasteiger charge is -2.25. The summed E-state index contributed by atoms with van der Waals surface area (Å²) >= 11 is 0. The van der Waals surface area contributed by atoms with Crippen LogP contribution in [0.25, 0.3) is 0 Å². The molecule has 2 aromatic rings. The summed E-state index contributed by atoms with van der Waals surface area (Å²) in [4.78, 5) is 33.5. The van der Waals surface area contributed by atoms with Crippen LogP contribution < -0.4 is 14.8 Å². The monoisotopic (exact) mass is 566 g/mol. The van der Waals surface area contributed by atoms with Gasteiger partial charge in [0.1, 0.15) is 17.5 Å². The Bertz CT molecular complexity index is 1090. The zero-order valence-electron chi connectivity index (χ0n) is 23.3. The summed E-state index contributed by atoms with van der Waals surface area (Å²) in [6.07, 6.45) is -0.199. The molecule has 0 saturated heterocycles. The van der Waals surface area contributed by atoms with Crippen LogP contribution in [0.2, 0.25) is 0 Å². The molecule has 0 saturated carbocycles. The summed E-state index contributed by atoms with van der Waals surface area (Å²) in [5.41, 5.74) is 5.35. The summed E-state index contributed by atoms with van der Waals surface area (Å²) in [6.45, 7) is 11.5. The van der Waals surface area contributed by atoms with Gasteiger partial charge in [0.15, 0.2) is 0 Å². The maximum absolute atomic E-state index is 13.6. The van der Waals surface area contributed by atoms with E-state index in [1.165, 1.54) is 24.3 Å². The summed E-state index contributed by atoms with van der Waals surface area (Å²) in [7, 11) is -3.86. The van der Waals surface area contributed by atoms with Crippen molar-refractivity contribution in [3.8, 4) is 11.5 Å². The molecule has 3 atom stereocenters. The second kappa shape index (κ2) is 16.5. The van der Waals surface area contributed by atoms with Crippen LogP contribution in [0.15, 0.2) is 54.6 Å².